The molecule has 1 saturated carbocycles. The third-order valence-electron chi connectivity index (χ3n) is 4.20. The van der Waals surface area contributed by atoms with Crippen molar-refractivity contribution in [2.24, 2.45) is 5.92 Å². The van der Waals surface area contributed by atoms with Crippen LogP contribution in [0.15, 0.2) is 18.2 Å². The van der Waals surface area contributed by atoms with E-state index in [1.807, 2.05) is 0 Å². The molecule has 3 rings (SSSR count). The highest BCUT2D eigenvalue weighted by atomic mass is 19.4. The van der Waals surface area contributed by atoms with Crippen LogP contribution >= 0.6 is 0 Å². The number of alkyl halides is 3. The Morgan fingerprint density at radius 2 is 2.00 bits per heavy atom. The quantitative estimate of drug-likeness (QED) is 0.866. The van der Waals surface area contributed by atoms with Gasteiger partial charge in [-0.05, 0) is 37.0 Å². The Bertz CT molecular complexity index is 533. The second kappa shape index (κ2) is 5.70. The average molecular weight is 319 g/mol. The minimum atomic E-state index is -4.53. The summed E-state index contributed by atoms with van der Waals surface area (Å²) in [6.45, 7) is 2.29. The SMILES string of the molecule is Fc1cc(C(F)(F)F)ccc1NCC1CC2(COCCO2)C1. The van der Waals surface area contributed by atoms with E-state index >= 15 is 0 Å². The predicted octanol–water partition coefficient (Wildman–Crippen LogP) is 3.45. The summed E-state index contributed by atoms with van der Waals surface area (Å²) < 4.78 is 62.2. The van der Waals surface area contributed by atoms with Crippen molar-refractivity contribution in [2.45, 2.75) is 24.6 Å². The number of hydrogen-bond donors (Lipinski definition) is 1. The number of halogens is 4. The zero-order valence-corrected chi connectivity index (χ0v) is 11.9. The Morgan fingerprint density at radius 1 is 1.23 bits per heavy atom. The molecule has 0 radical (unpaired) electrons. The summed E-state index contributed by atoms with van der Waals surface area (Å²) in [6.07, 6.45) is -2.89. The zero-order valence-electron chi connectivity index (χ0n) is 11.9. The minimum Gasteiger partial charge on any atom is -0.382 e. The van der Waals surface area contributed by atoms with Gasteiger partial charge in [0.2, 0.25) is 0 Å². The summed E-state index contributed by atoms with van der Waals surface area (Å²) in [4.78, 5) is 0. The maximum absolute atomic E-state index is 13.7. The van der Waals surface area contributed by atoms with Crippen LogP contribution in [0.2, 0.25) is 0 Å². The maximum Gasteiger partial charge on any atom is 0.416 e. The summed E-state index contributed by atoms with van der Waals surface area (Å²) in [5.41, 5.74) is -1.09. The number of hydrogen-bond acceptors (Lipinski definition) is 3. The Hall–Kier alpha value is -1.34. The first-order valence-electron chi connectivity index (χ1n) is 7.20. The Labute approximate surface area is 125 Å². The van der Waals surface area contributed by atoms with E-state index in [1.54, 1.807) is 0 Å². The standard InChI is InChI=1S/C15H17F4NO2/c16-12-5-11(15(17,18)19)1-2-13(12)20-8-10-6-14(7-10)9-21-3-4-22-14/h1-2,5,10,20H,3-4,6-9H2. The van der Waals surface area contributed by atoms with E-state index in [-0.39, 0.29) is 11.3 Å². The molecule has 1 aliphatic heterocycles. The Kier molecular flexibility index (Phi) is 4.03. The van der Waals surface area contributed by atoms with Crippen LogP contribution in [0.5, 0.6) is 0 Å². The largest absolute Gasteiger partial charge is 0.416 e. The molecule has 2 fully saturated rings. The molecule has 122 valence electrons. The lowest BCUT2D eigenvalue weighted by molar-refractivity contribution is -0.207. The lowest BCUT2D eigenvalue weighted by Crippen LogP contribution is -2.54. The highest BCUT2D eigenvalue weighted by Gasteiger charge is 2.46. The predicted molar refractivity (Wildman–Crippen MR) is 72.1 cm³/mol. The van der Waals surface area contributed by atoms with Crippen LogP contribution < -0.4 is 5.32 Å². The van der Waals surface area contributed by atoms with Gasteiger partial charge in [-0.25, -0.2) is 4.39 Å². The van der Waals surface area contributed by atoms with Gasteiger partial charge in [-0.1, -0.05) is 0 Å². The van der Waals surface area contributed by atoms with E-state index in [1.165, 1.54) is 0 Å². The van der Waals surface area contributed by atoms with Crippen molar-refractivity contribution < 1.29 is 27.0 Å². The molecule has 0 unspecified atom stereocenters. The first-order valence-corrected chi connectivity index (χ1v) is 7.20. The van der Waals surface area contributed by atoms with Crippen molar-refractivity contribution in [3.8, 4) is 0 Å². The molecule has 1 saturated heterocycles. The van der Waals surface area contributed by atoms with E-state index in [2.05, 4.69) is 5.32 Å². The lowest BCUT2D eigenvalue weighted by Gasteiger charge is -2.49. The van der Waals surface area contributed by atoms with Gasteiger partial charge in [0.25, 0.3) is 0 Å². The van der Waals surface area contributed by atoms with Gasteiger partial charge in [-0.15, -0.1) is 0 Å². The molecule has 1 aromatic carbocycles. The highest BCUT2D eigenvalue weighted by molar-refractivity contribution is 5.47. The van der Waals surface area contributed by atoms with Crippen molar-refractivity contribution in [3.05, 3.63) is 29.6 Å². The lowest BCUT2D eigenvalue weighted by atomic mass is 9.71. The molecule has 0 amide bonds. The molecule has 0 bridgehead atoms. The van der Waals surface area contributed by atoms with Crippen LogP contribution in [0.1, 0.15) is 18.4 Å². The smallest absolute Gasteiger partial charge is 0.382 e. The second-order valence-corrected chi connectivity index (χ2v) is 5.93. The Balaban J connectivity index is 1.52. The fraction of sp³-hybridized carbons (Fsp3) is 0.600. The summed E-state index contributed by atoms with van der Waals surface area (Å²) in [7, 11) is 0. The van der Waals surface area contributed by atoms with Crippen LogP contribution in [0, 0.1) is 11.7 Å². The van der Waals surface area contributed by atoms with Crippen molar-refractivity contribution in [2.75, 3.05) is 31.7 Å². The number of anilines is 1. The molecule has 1 aromatic rings. The number of nitrogens with one attached hydrogen (secondary N) is 1. The first-order chi connectivity index (χ1) is 10.4. The Morgan fingerprint density at radius 3 is 2.59 bits per heavy atom. The molecular formula is C15H17F4NO2. The van der Waals surface area contributed by atoms with Gasteiger partial charge >= 0.3 is 6.18 Å². The van der Waals surface area contributed by atoms with E-state index in [0.29, 0.717) is 38.3 Å². The number of ether oxygens (including phenoxy) is 2. The first kappa shape index (κ1) is 15.6. The van der Waals surface area contributed by atoms with E-state index in [0.717, 1.165) is 25.0 Å². The molecule has 22 heavy (non-hydrogen) atoms. The van der Waals surface area contributed by atoms with Crippen molar-refractivity contribution in [3.63, 3.8) is 0 Å². The molecule has 1 aliphatic carbocycles. The summed E-state index contributed by atoms with van der Waals surface area (Å²) >= 11 is 0. The normalized spacial score (nSPS) is 28.5. The van der Waals surface area contributed by atoms with Crippen molar-refractivity contribution >= 4 is 5.69 Å². The van der Waals surface area contributed by atoms with Crippen LogP contribution in [0.3, 0.4) is 0 Å². The van der Waals surface area contributed by atoms with Gasteiger partial charge in [-0.2, -0.15) is 13.2 Å². The maximum atomic E-state index is 13.7. The third-order valence-corrected chi connectivity index (χ3v) is 4.20. The van der Waals surface area contributed by atoms with Gasteiger partial charge in [0, 0.05) is 6.54 Å². The molecular weight excluding hydrogens is 302 g/mol. The summed E-state index contributed by atoms with van der Waals surface area (Å²) in [6, 6.07) is 2.53. The fourth-order valence-corrected chi connectivity index (χ4v) is 3.08. The van der Waals surface area contributed by atoms with Gasteiger partial charge < -0.3 is 14.8 Å². The zero-order chi connectivity index (χ0) is 15.8. The fourth-order valence-electron chi connectivity index (χ4n) is 3.08. The molecule has 0 atom stereocenters. The van der Waals surface area contributed by atoms with Gasteiger partial charge in [0.15, 0.2) is 0 Å². The van der Waals surface area contributed by atoms with Crippen LogP contribution in [-0.2, 0) is 15.7 Å². The van der Waals surface area contributed by atoms with Gasteiger partial charge in [0.1, 0.15) is 5.82 Å². The second-order valence-electron chi connectivity index (χ2n) is 5.93. The molecule has 2 aliphatic rings. The summed E-state index contributed by atoms with van der Waals surface area (Å²) in [5.74, 6) is -0.579. The highest BCUT2D eigenvalue weighted by Crippen LogP contribution is 2.42. The monoisotopic (exact) mass is 319 g/mol. The summed E-state index contributed by atoms with van der Waals surface area (Å²) in [5, 5.41) is 2.88. The van der Waals surface area contributed by atoms with Gasteiger partial charge in [0.05, 0.1) is 36.7 Å². The van der Waals surface area contributed by atoms with Crippen LogP contribution in [0.25, 0.3) is 0 Å². The number of rotatable bonds is 3. The van der Waals surface area contributed by atoms with Crippen molar-refractivity contribution in [1.29, 1.82) is 0 Å². The average Bonchev–Trinajstić information content (AvgIpc) is 2.44. The van der Waals surface area contributed by atoms with Crippen LogP contribution in [0.4, 0.5) is 23.2 Å². The van der Waals surface area contributed by atoms with Gasteiger partial charge in [-0.3, -0.25) is 0 Å². The van der Waals surface area contributed by atoms with Crippen molar-refractivity contribution in [1.82, 2.24) is 0 Å². The topological polar surface area (TPSA) is 30.5 Å². The van der Waals surface area contributed by atoms with Crippen LogP contribution in [-0.4, -0.2) is 32.0 Å². The van der Waals surface area contributed by atoms with E-state index in [9.17, 15) is 17.6 Å². The molecule has 0 aromatic heterocycles. The molecule has 3 nitrogen and oxygen atoms in total. The molecule has 1 N–H and O–H groups in total. The molecule has 7 heteroatoms. The minimum absolute atomic E-state index is 0.0924. The number of benzene rings is 1. The third kappa shape index (κ3) is 3.20. The molecule has 1 heterocycles. The van der Waals surface area contributed by atoms with E-state index < -0.39 is 17.6 Å². The molecule has 1 spiro atoms. The van der Waals surface area contributed by atoms with E-state index in [4.69, 9.17) is 9.47 Å².